The number of rotatable bonds is 5. The first-order valence-corrected chi connectivity index (χ1v) is 7.11. The third-order valence-electron chi connectivity index (χ3n) is 4.02. The summed E-state index contributed by atoms with van der Waals surface area (Å²) in [7, 11) is 1.89. The average Bonchev–Trinajstić information content (AvgIpc) is 2.96. The molecule has 0 radical (unpaired) electrons. The Kier molecular flexibility index (Phi) is 8.94. The van der Waals surface area contributed by atoms with Crippen LogP contribution in [-0.2, 0) is 18.4 Å². The fourth-order valence-corrected chi connectivity index (χ4v) is 2.82. The Balaban J connectivity index is 0.00000200. The number of hydrogen-bond acceptors (Lipinski definition) is 3. The van der Waals surface area contributed by atoms with E-state index < -0.39 is 0 Å². The van der Waals surface area contributed by atoms with Gasteiger partial charge in [0.1, 0.15) is 0 Å². The summed E-state index contributed by atoms with van der Waals surface area (Å²) in [5, 5.41) is 4.14. The first kappa shape index (κ1) is 20.2. The zero-order valence-corrected chi connectivity index (χ0v) is 14.3. The third kappa shape index (κ3) is 5.49. The van der Waals surface area contributed by atoms with Crippen molar-refractivity contribution >= 4 is 30.7 Å². The lowest BCUT2D eigenvalue weighted by molar-refractivity contribution is -0.132. The number of nitrogens with zero attached hydrogens (tertiary/aromatic N) is 3. The molecule has 122 valence electrons. The van der Waals surface area contributed by atoms with E-state index >= 15 is 0 Å². The molecule has 0 unspecified atom stereocenters. The number of halogens is 2. The van der Waals surface area contributed by atoms with Gasteiger partial charge in [-0.15, -0.1) is 24.8 Å². The molecule has 1 aliphatic rings. The maximum atomic E-state index is 12.3. The Morgan fingerprint density at radius 2 is 2.19 bits per heavy atom. The molecule has 0 bridgehead atoms. The van der Waals surface area contributed by atoms with E-state index in [1.807, 2.05) is 31.3 Å². The van der Waals surface area contributed by atoms with Crippen molar-refractivity contribution in [2.24, 2.45) is 18.7 Å². The van der Waals surface area contributed by atoms with Crippen molar-refractivity contribution in [2.75, 3.05) is 6.54 Å². The van der Waals surface area contributed by atoms with Crippen LogP contribution in [0.5, 0.6) is 0 Å². The first-order chi connectivity index (χ1) is 9.10. The van der Waals surface area contributed by atoms with Crippen molar-refractivity contribution in [1.29, 1.82) is 0 Å². The molecule has 5 nitrogen and oxygen atoms in total. The quantitative estimate of drug-likeness (QED) is 0.895. The monoisotopic (exact) mass is 336 g/mol. The van der Waals surface area contributed by atoms with Gasteiger partial charge in [-0.3, -0.25) is 9.48 Å². The lowest BCUT2D eigenvalue weighted by atomic mass is 9.99. The largest absolute Gasteiger partial charge is 0.339 e. The molecule has 7 heteroatoms. The molecule has 0 aliphatic heterocycles. The summed E-state index contributed by atoms with van der Waals surface area (Å²) in [5.74, 6) is 0.587. The highest BCUT2D eigenvalue weighted by Gasteiger charge is 2.27. The minimum absolute atomic E-state index is 0. The van der Waals surface area contributed by atoms with Gasteiger partial charge in [0, 0.05) is 44.4 Å². The second-order valence-corrected chi connectivity index (χ2v) is 5.49. The van der Waals surface area contributed by atoms with E-state index in [0.717, 1.165) is 31.4 Å². The molecule has 2 atom stereocenters. The van der Waals surface area contributed by atoms with Crippen LogP contribution in [0.1, 0.15) is 38.2 Å². The molecule has 1 fully saturated rings. The minimum Gasteiger partial charge on any atom is -0.339 e. The Labute approximate surface area is 139 Å². The molecule has 0 aromatic carbocycles. The van der Waals surface area contributed by atoms with Crippen LogP contribution in [0, 0.1) is 5.92 Å². The molecule has 2 N–H and O–H groups in total. The van der Waals surface area contributed by atoms with Gasteiger partial charge in [-0.25, -0.2) is 0 Å². The summed E-state index contributed by atoms with van der Waals surface area (Å²) < 4.78 is 1.76. The number of carbonyl (C=O) groups excluding carboxylic acids is 1. The molecule has 1 aliphatic carbocycles. The van der Waals surface area contributed by atoms with E-state index in [1.54, 1.807) is 4.68 Å². The van der Waals surface area contributed by atoms with E-state index in [4.69, 9.17) is 5.73 Å². The third-order valence-corrected chi connectivity index (χ3v) is 4.02. The zero-order valence-electron chi connectivity index (χ0n) is 12.7. The molecule has 1 amide bonds. The van der Waals surface area contributed by atoms with Crippen molar-refractivity contribution in [3.05, 3.63) is 18.0 Å². The summed E-state index contributed by atoms with van der Waals surface area (Å²) in [6, 6.07) is 0.209. The number of hydrogen-bond donors (Lipinski definition) is 1. The molecule has 1 aromatic heterocycles. The standard InChI is InChI=1S/C14H24N4O.2ClH/c1-3-18(10-11-8-16-17(2)9-11)14(19)7-12-5-4-6-13(12)15;;/h8-9,12-13H,3-7,10,15H2,1-2H3;2*1H/t12-,13+;;/m0../s1. The molecule has 2 rings (SSSR count). The predicted octanol–water partition coefficient (Wildman–Crippen LogP) is 2.13. The Bertz CT molecular complexity index is 438. The number of nitrogens with two attached hydrogens (primary N) is 1. The van der Waals surface area contributed by atoms with Crippen LogP contribution >= 0.6 is 24.8 Å². The van der Waals surface area contributed by atoms with Crippen molar-refractivity contribution in [3.63, 3.8) is 0 Å². The van der Waals surface area contributed by atoms with Gasteiger partial charge in [0.2, 0.25) is 5.91 Å². The molecule has 1 heterocycles. The average molecular weight is 337 g/mol. The highest BCUT2D eigenvalue weighted by Crippen LogP contribution is 2.27. The summed E-state index contributed by atoms with van der Waals surface area (Å²) in [6.07, 6.45) is 7.68. The van der Waals surface area contributed by atoms with Crippen LogP contribution in [0.3, 0.4) is 0 Å². The van der Waals surface area contributed by atoms with Gasteiger partial charge >= 0.3 is 0 Å². The summed E-state index contributed by atoms with van der Waals surface area (Å²) in [5.41, 5.74) is 7.12. The fourth-order valence-electron chi connectivity index (χ4n) is 2.82. The predicted molar refractivity (Wildman–Crippen MR) is 88.7 cm³/mol. The highest BCUT2D eigenvalue weighted by molar-refractivity contribution is 5.85. The van der Waals surface area contributed by atoms with Crippen LogP contribution in [0.15, 0.2) is 12.4 Å². The van der Waals surface area contributed by atoms with Crippen LogP contribution in [-0.4, -0.2) is 33.2 Å². The van der Waals surface area contributed by atoms with Crippen molar-refractivity contribution in [3.8, 4) is 0 Å². The molecule has 1 aromatic rings. The van der Waals surface area contributed by atoms with E-state index in [0.29, 0.717) is 18.9 Å². The lowest BCUT2D eigenvalue weighted by Gasteiger charge is -2.23. The second-order valence-electron chi connectivity index (χ2n) is 5.49. The summed E-state index contributed by atoms with van der Waals surface area (Å²) in [4.78, 5) is 14.2. The van der Waals surface area contributed by atoms with E-state index in [9.17, 15) is 4.79 Å². The molecular weight excluding hydrogens is 311 g/mol. The highest BCUT2D eigenvalue weighted by atomic mass is 35.5. The van der Waals surface area contributed by atoms with Gasteiger partial charge in [-0.05, 0) is 25.7 Å². The number of aryl methyl sites for hydroxylation is 1. The summed E-state index contributed by atoms with van der Waals surface area (Å²) >= 11 is 0. The number of aromatic nitrogens is 2. The first-order valence-electron chi connectivity index (χ1n) is 7.11. The van der Waals surface area contributed by atoms with Gasteiger partial charge < -0.3 is 10.6 Å². The van der Waals surface area contributed by atoms with Gasteiger partial charge in [0.15, 0.2) is 0 Å². The second kappa shape index (κ2) is 9.28. The van der Waals surface area contributed by atoms with Crippen LogP contribution in [0.4, 0.5) is 0 Å². The Morgan fingerprint density at radius 1 is 1.48 bits per heavy atom. The van der Waals surface area contributed by atoms with Gasteiger partial charge in [0.25, 0.3) is 0 Å². The van der Waals surface area contributed by atoms with Crippen LogP contribution < -0.4 is 5.73 Å². The van der Waals surface area contributed by atoms with Crippen molar-refractivity contribution in [2.45, 2.75) is 45.2 Å². The SMILES string of the molecule is CCN(Cc1cnn(C)c1)C(=O)C[C@@H]1CCC[C@H]1N.Cl.Cl. The van der Waals surface area contributed by atoms with E-state index in [2.05, 4.69) is 5.10 Å². The van der Waals surface area contributed by atoms with E-state index in [1.165, 1.54) is 0 Å². The molecular formula is C14H26Cl2N4O. The van der Waals surface area contributed by atoms with E-state index in [-0.39, 0.29) is 36.8 Å². The van der Waals surface area contributed by atoms with Crippen LogP contribution in [0.2, 0.25) is 0 Å². The fraction of sp³-hybridized carbons (Fsp3) is 0.714. The minimum atomic E-state index is 0. The Hall–Kier alpha value is -0.780. The summed E-state index contributed by atoms with van der Waals surface area (Å²) in [6.45, 7) is 3.39. The van der Waals surface area contributed by atoms with Crippen molar-refractivity contribution in [1.82, 2.24) is 14.7 Å². The molecule has 21 heavy (non-hydrogen) atoms. The van der Waals surface area contributed by atoms with Crippen molar-refractivity contribution < 1.29 is 4.79 Å². The topological polar surface area (TPSA) is 64.2 Å². The normalized spacial score (nSPS) is 20.5. The Morgan fingerprint density at radius 3 is 2.67 bits per heavy atom. The number of carbonyl (C=O) groups is 1. The van der Waals surface area contributed by atoms with Gasteiger partial charge in [-0.2, -0.15) is 5.10 Å². The van der Waals surface area contributed by atoms with Crippen LogP contribution in [0.25, 0.3) is 0 Å². The molecule has 1 saturated carbocycles. The van der Waals surface area contributed by atoms with Gasteiger partial charge in [0.05, 0.1) is 6.20 Å². The maximum Gasteiger partial charge on any atom is 0.223 e. The number of amides is 1. The smallest absolute Gasteiger partial charge is 0.223 e. The zero-order chi connectivity index (χ0) is 13.8. The molecule has 0 spiro atoms. The lowest BCUT2D eigenvalue weighted by Crippen LogP contribution is -2.34. The maximum absolute atomic E-state index is 12.3. The van der Waals surface area contributed by atoms with Gasteiger partial charge in [-0.1, -0.05) is 6.42 Å². The molecule has 0 saturated heterocycles.